The highest BCUT2D eigenvalue weighted by Gasteiger charge is 2.23. The van der Waals surface area contributed by atoms with Gasteiger partial charge in [0.05, 0.1) is 17.3 Å². The summed E-state index contributed by atoms with van der Waals surface area (Å²) in [6, 6.07) is 7.66. The number of carbonyl (C=O) groups is 1. The van der Waals surface area contributed by atoms with Crippen LogP contribution in [0, 0.1) is 0 Å². The summed E-state index contributed by atoms with van der Waals surface area (Å²) in [6.07, 6.45) is 2.43. The summed E-state index contributed by atoms with van der Waals surface area (Å²) in [4.78, 5) is 18.0. The van der Waals surface area contributed by atoms with Gasteiger partial charge in [0.25, 0.3) is 0 Å². The van der Waals surface area contributed by atoms with Crippen LogP contribution in [0.1, 0.15) is 23.7 Å². The number of aromatic nitrogens is 1. The van der Waals surface area contributed by atoms with Crippen LogP contribution in [0.2, 0.25) is 0 Å². The Bertz CT molecular complexity index is 672. The van der Waals surface area contributed by atoms with Gasteiger partial charge in [-0.25, -0.2) is 4.79 Å². The van der Waals surface area contributed by atoms with Gasteiger partial charge < -0.3 is 14.7 Å². The maximum absolute atomic E-state index is 11.6. The minimum Gasteiger partial charge on any atom is -0.478 e. The highest BCUT2D eigenvalue weighted by Crippen LogP contribution is 2.30. The van der Waals surface area contributed by atoms with Gasteiger partial charge >= 0.3 is 5.97 Å². The van der Waals surface area contributed by atoms with Crippen molar-refractivity contribution < 1.29 is 14.6 Å². The van der Waals surface area contributed by atoms with Crippen LogP contribution in [0.25, 0.3) is 10.9 Å². The fourth-order valence-electron chi connectivity index (χ4n) is 2.82. The van der Waals surface area contributed by atoms with Gasteiger partial charge in [-0.1, -0.05) is 18.2 Å². The predicted octanol–water partition coefficient (Wildman–Crippen LogP) is 2.55. The number of carboxylic acid groups (broad SMARTS) is 1. The van der Waals surface area contributed by atoms with E-state index in [2.05, 4.69) is 9.88 Å². The number of pyridine rings is 1. The number of fused-ring (bicyclic) bond motifs is 1. The van der Waals surface area contributed by atoms with Crippen LogP contribution in [0.15, 0.2) is 30.5 Å². The van der Waals surface area contributed by atoms with Gasteiger partial charge in [0, 0.05) is 31.3 Å². The molecule has 5 nitrogen and oxygen atoms in total. The quantitative estimate of drug-likeness (QED) is 0.919. The first-order valence-corrected chi connectivity index (χ1v) is 7.14. The second-order valence-electron chi connectivity index (χ2n) is 5.32. The monoisotopic (exact) mass is 286 g/mol. The molecule has 5 heteroatoms. The fraction of sp³-hybridized carbons (Fsp3) is 0.375. The molecule has 1 aromatic carbocycles. The molecule has 21 heavy (non-hydrogen) atoms. The molecule has 0 spiro atoms. The van der Waals surface area contributed by atoms with Crippen LogP contribution in [0.4, 0.5) is 5.69 Å². The van der Waals surface area contributed by atoms with Crippen LogP contribution in [0.3, 0.4) is 0 Å². The maximum Gasteiger partial charge on any atom is 0.339 e. The maximum atomic E-state index is 11.6. The van der Waals surface area contributed by atoms with Crippen LogP contribution >= 0.6 is 0 Å². The van der Waals surface area contributed by atoms with Gasteiger partial charge in [-0.2, -0.15) is 0 Å². The molecule has 1 saturated heterocycles. The molecule has 0 aliphatic carbocycles. The van der Waals surface area contributed by atoms with Crippen molar-refractivity contribution in [3.8, 4) is 0 Å². The molecule has 1 fully saturated rings. The number of nitrogens with zero attached hydrogens (tertiary/aromatic N) is 2. The molecule has 2 heterocycles. The first kappa shape index (κ1) is 13.8. The van der Waals surface area contributed by atoms with E-state index >= 15 is 0 Å². The van der Waals surface area contributed by atoms with E-state index in [0.29, 0.717) is 13.2 Å². The van der Waals surface area contributed by atoms with Crippen molar-refractivity contribution >= 4 is 22.6 Å². The first-order chi connectivity index (χ1) is 10.2. The van der Waals surface area contributed by atoms with E-state index in [1.54, 1.807) is 0 Å². The number of anilines is 1. The highest BCUT2D eigenvalue weighted by molar-refractivity contribution is 6.04. The molecular formula is C16H18N2O3. The van der Waals surface area contributed by atoms with Crippen LogP contribution in [-0.4, -0.2) is 41.9 Å². The number of hydrogen-bond acceptors (Lipinski definition) is 4. The van der Waals surface area contributed by atoms with Gasteiger partial charge in [0.2, 0.25) is 0 Å². The highest BCUT2D eigenvalue weighted by atomic mass is 16.5. The molecule has 1 N–H and O–H groups in total. The normalized spacial score (nSPS) is 19.5. The molecule has 1 aliphatic rings. The van der Waals surface area contributed by atoms with Crippen LogP contribution in [0.5, 0.6) is 0 Å². The van der Waals surface area contributed by atoms with Gasteiger partial charge in [0.15, 0.2) is 0 Å². The third-order valence-electron chi connectivity index (χ3n) is 3.75. The third kappa shape index (κ3) is 2.69. The Morgan fingerprint density at radius 1 is 1.43 bits per heavy atom. The second kappa shape index (κ2) is 5.69. The molecule has 2 aromatic rings. The van der Waals surface area contributed by atoms with Crippen molar-refractivity contribution in [3.63, 3.8) is 0 Å². The summed E-state index contributed by atoms with van der Waals surface area (Å²) in [5.74, 6) is -0.943. The molecule has 0 radical (unpaired) electrons. The SMILES string of the molecule is CC1CN(c2c(C(=O)O)cnc3ccccc23)CCCO1. The predicted molar refractivity (Wildman–Crippen MR) is 80.9 cm³/mol. The Morgan fingerprint density at radius 2 is 2.24 bits per heavy atom. The number of para-hydroxylation sites is 1. The lowest BCUT2D eigenvalue weighted by atomic mass is 10.1. The number of benzene rings is 1. The van der Waals surface area contributed by atoms with E-state index in [4.69, 9.17) is 4.74 Å². The second-order valence-corrected chi connectivity index (χ2v) is 5.32. The number of ether oxygens (including phenoxy) is 1. The van der Waals surface area contributed by atoms with E-state index < -0.39 is 5.97 Å². The van der Waals surface area contributed by atoms with Crippen molar-refractivity contribution in [2.75, 3.05) is 24.6 Å². The molecule has 1 atom stereocenters. The zero-order valence-electron chi connectivity index (χ0n) is 12.0. The minimum absolute atomic E-state index is 0.0843. The number of carboxylic acids is 1. The Kier molecular flexibility index (Phi) is 3.75. The van der Waals surface area contributed by atoms with E-state index in [-0.39, 0.29) is 11.7 Å². The van der Waals surface area contributed by atoms with Crippen molar-refractivity contribution in [2.24, 2.45) is 0 Å². The number of rotatable bonds is 2. The molecular weight excluding hydrogens is 268 g/mol. The number of hydrogen-bond donors (Lipinski definition) is 1. The van der Waals surface area contributed by atoms with Gasteiger partial charge in [-0.3, -0.25) is 4.98 Å². The Balaban J connectivity index is 2.17. The Hall–Kier alpha value is -2.14. The topological polar surface area (TPSA) is 62.7 Å². The molecule has 1 unspecified atom stereocenters. The molecule has 3 rings (SSSR count). The van der Waals surface area contributed by atoms with Gasteiger partial charge in [0.1, 0.15) is 5.56 Å². The lowest BCUT2D eigenvalue weighted by Crippen LogP contribution is -2.31. The Labute approximate surface area is 123 Å². The summed E-state index contributed by atoms with van der Waals surface area (Å²) in [7, 11) is 0. The molecule has 0 amide bonds. The summed E-state index contributed by atoms with van der Waals surface area (Å²) in [6.45, 7) is 4.21. The van der Waals surface area contributed by atoms with Crippen molar-refractivity contribution in [2.45, 2.75) is 19.4 Å². The van der Waals surface area contributed by atoms with Gasteiger partial charge in [-0.15, -0.1) is 0 Å². The van der Waals surface area contributed by atoms with Gasteiger partial charge in [-0.05, 0) is 19.4 Å². The lowest BCUT2D eigenvalue weighted by Gasteiger charge is -2.27. The zero-order chi connectivity index (χ0) is 14.8. The summed E-state index contributed by atoms with van der Waals surface area (Å²) >= 11 is 0. The molecule has 110 valence electrons. The molecule has 0 bridgehead atoms. The van der Waals surface area contributed by atoms with Crippen LogP contribution < -0.4 is 4.90 Å². The van der Waals surface area contributed by atoms with E-state index in [0.717, 1.165) is 29.6 Å². The number of aromatic carboxylic acids is 1. The molecule has 1 aromatic heterocycles. The smallest absolute Gasteiger partial charge is 0.339 e. The van der Waals surface area contributed by atoms with Crippen LogP contribution in [-0.2, 0) is 4.74 Å². The fourth-order valence-corrected chi connectivity index (χ4v) is 2.82. The minimum atomic E-state index is -0.943. The third-order valence-corrected chi connectivity index (χ3v) is 3.75. The average Bonchev–Trinajstić information content (AvgIpc) is 2.70. The molecule has 0 saturated carbocycles. The van der Waals surface area contributed by atoms with Crippen molar-refractivity contribution in [3.05, 3.63) is 36.0 Å². The summed E-state index contributed by atoms with van der Waals surface area (Å²) < 4.78 is 5.66. The first-order valence-electron chi connectivity index (χ1n) is 7.14. The average molecular weight is 286 g/mol. The van der Waals surface area contributed by atoms with Crippen molar-refractivity contribution in [1.82, 2.24) is 4.98 Å². The molecule has 1 aliphatic heterocycles. The zero-order valence-corrected chi connectivity index (χ0v) is 12.0. The Morgan fingerprint density at radius 3 is 3.05 bits per heavy atom. The summed E-state index contributed by atoms with van der Waals surface area (Å²) in [5, 5.41) is 10.4. The van der Waals surface area contributed by atoms with E-state index in [1.807, 2.05) is 31.2 Å². The van der Waals surface area contributed by atoms with E-state index in [1.165, 1.54) is 6.20 Å². The standard InChI is InChI=1S/C16H18N2O3/c1-11-10-18(7-4-8-21-11)15-12-5-2-3-6-14(12)17-9-13(15)16(19)20/h2-3,5-6,9,11H,4,7-8,10H2,1H3,(H,19,20). The van der Waals surface area contributed by atoms with Crippen molar-refractivity contribution in [1.29, 1.82) is 0 Å². The largest absolute Gasteiger partial charge is 0.478 e. The summed E-state index contributed by atoms with van der Waals surface area (Å²) in [5.41, 5.74) is 1.82. The van der Waals surface area contributed by atoms with E-state index in [9.17, 15) is 9.90 Å². The lowest BCUT2D eigenvalue weighted by molar-refractivity contribution is 0.0696.